The Labute approximate surface area is 128 Å². The second kappa shape index (κ2) is 6.76. The Morgan fingerprint density at radius 3 is 2.60 bits per heavy atom. The van der Waals surface area contributed by atoms with Gasteiger partial charge < -0.3 is 15.4 Å². The van der Waals surface area contributed by atoms with Crippen LogP contribution in [-0.2, 0) is 16.1 Å². The highest BCUT2D eigenvalue weighted by Crippen LogP contribution is 2.26. The van der Waals surface area contributed by atoms with Crippen molar-refractivity contribution in [2.24, 2.45) is 5.73 Å². The van der Waals surface area contributed by atoms with Gasteiger partial charge in [-0.05, 0) is 25.0 Å². The predicted molar refractivity (Wildman–Crippen MR) is 79.9 cm³/mol. The number of likely N-dealkylation sites (N-methyl/N-ethyl adjacent to an activating group) is 1. The van der Waals surface area contributed by atoms with Gasteiger partial charge in [0.15, 0.2) is 0 Å². The van der Waals surface area contributed by atoms with Gasteiger partial charge in [-0.25, -0.2) is 0 Å². The zero-order valence-corrected chi connectivity index (χ0v) is 12.8. The first-order chi connectivity index (χ1) is 9.52. The highest BCUT2D eigenvalue weighted by Gasteiger charge is 2.32. The summed E-state index contributed by atoms with van der Waals surface area (Å²) in [7, 11) is 1.72. The topological polar surface area (TPSA) is 55.6 Å². The standard InChI is InChI=1S/C14H18Cl2N2O2/c1-18(8-10-11(15)3-2-4-12(10)16)14(19)13-6-5-9(7-17)20-13/h2-4,9,13H,5-8,17H2,1H3/t9-,13+/m1/s1. The van der Waals surface area contributed by atoms with Crippen LogP contribution in [-0.4, -0.2) is 36.6 Å². The number of carbonyl (C=O) groups is 1. The molecule has 1 aromatic carbocycles. The summed E-state index contributed by atoms with van der Waals surface area (Å²) in [5.74, 6) is -0.0584. The molecule has 1 aliphatic heterocycles. The van der Waals surface area contributed by atoms with Crippen molar-refractivity contribution in [2.75, 3.05) is 13.6 Å². The second-order valence-corrected chi connectivity index (χ2v) is 5.77. The zero-order valence-electron chi connectivity index (χ0n) is 11.3. The molecule has 1 aromatic rings. The number of carbonyl (C=O) groups excluding carboxylic acids is 1. The molecule has 0 unspecified atom stereocenters. The fourth-order valence-corrected chi connectivity index (χ4v) is 2.82. The van der Waals surface area contributed by atoms with Gasteiger partial charge in [0.2, 0.25) is 0 Å². The van der Waals surface area contributed by atoms with Gasteiger partial charge in [0.1, 0.15) is 6.10 Å². The maximum absolute atomic E-state index is 12.3. The number of amides is 1. The molecule has 0 bridgehead atoms. The third-order valence-corrected chi connectivity index (χ3v) is 4.19. The van der Waals surface area contributed by atoms with Crippen molar-refractivity contribution in [3.63, 3.8) is 0 Å². The molecule has 2 atom stereocenters. The van der Waals surface area contributed by atoms with Crippen LogP contribution in [0.15, 0.2) is 18.2 Å². The summed E-state index contributed by atoms with van der Waals surface area (Å²) in [4.78, 5) is 13.9. The van der Waals surface area contributed by atoms with E-state index in [1.54, 1.807) is 30.1 Å². The minimum Gasteiger partial charge on any atom is -0.364 e. The summed E-state index contributed by atoms with van der Waals surface area (Å²) < 4.78 is 5.61. The molecule has 0 spiro atoms. The Morgan fingerprint density at radius 1 is 1.40 bits per heavy atom. The highest BCUT2D eigenvalue weighted by atomic mass is 35.5. The molecule has 6 heteroatoms. The van der Waals surface area contributed by atoms with Crippen LogP contribution in [0.4, 0.5) is 0 Å². The molecular weight excluding hydrogens is 299 g/mol. The van der Waals surface area contributed by atoms with E-state index >= 15 is 0 Å². The summed E-state index contributed by atoms with van der Waals surface area (Å²) in [6.07, 6.45) is 1.12. The van der Waals surface area contributed by atoms with Crippen LogP contribution in [0.25, 0.3) is 0 Å². The van der Waals surface area contributed by atoms with Crippen LogP contribution >= 0.6 is 23.2 Å². The molecule has 110 valence electrons. The average Bonchev–Trinajstić information content (AvgIpc) is 2.90. The molecule has 4 nitrogen and oxygen atoms in total. The second-order valence-electron chi connectivity index (χ2n) is 4.95. The van der Waals surface area contributed by atoms with Gasteiger partial charge in [-0.15, -0.1) is 0 Å². The summed E-state index contributed by atoms with van der Waals surface area (Å²) in [6, 6.07) is 5.30. The Balaban J connectivity index is 2.01. The van der Waals surface area contributed by atoms with Gasteiger partial charge in [0.25, 0.3) is 5.91 Å². The van der Waals surface area contributed by atoms with Gasteiger partial charge in [-0.3, -0.25) is 4.79 Å². The molecule has 2 rings (SSSR count). The maximum atomic E-state index is 12.3. The molecule has 0 aliphatic carbocycles. The van der Waals surface area contributed by atoms with Crippen molar-refractivity contribution in [3.05, 3.63) is 33.8 Å². The van der Waals surface area contributed by atoms with Crippen LogP contribution in [0.3, 0.4) is 0 Å². The quantitative estimate of drug-likeness (QED) is 0.928. The fraction of sp³-hybridized carbons (Fsp3) is 0.500. The van der Waals surface area contributed by atoms with Crippen LogP contribution in [0.5, 0.6) is 0 Å². The smallest absolute Gasteiger partial charge is 0.251 e. The van der Waals surface area contributed by atoms with Crippen molar-refractivity contribution >= 4 is 29.1 Å². The monoisotopic (exact) mass is 316 g/mol. The highest BCUT2D eigenvalue weighted by molar-refractivity contribution is 6.36. The predicted octanol–water partition coefficient (Wildman–Crippen LogP) is 2.46. The molecule has 1 saturated heterocycles. The van der Waals surface area contributed by atoms with E-state index in [0.29, 0.717) is 29.6 Å². The van der Waals surface area contributed by atoms with E-state index in [2.05, 4.69) is 0 Å². The van der Waals surface area contributed by atoms with Gasteiger partial charge in [0, 0.05) is 35.7 Å². The first-order valence-electron chi connectivity index (χ1n) is 6.56. The molecular formula is C14H18Cl2N2O2. The van der Waals surface area contributed by atoms with Gasteiger partial charge >= 0.3 is 0 Å². The van der Waals surface area contributed by atoms with Crippen molar-refractivity contribution in [1.82, 2.24) is 4.90 Å². The molecule has 1 amide bonds. The van der Waals surface area contributed by atoms with E-state index in [-0.39, 0.29) is 12.0 Å². The van der Waals surface area contributed by atoms with E-state index < -0.39 is 6.10 Å². The minimum absolute atomic E-state index is 0.0127. The van der Waals surface area contributed by atoms with Gasteiger partial charge in [0.05, 0.1) is 6.10 Å². The number of ether oxygens (including phenoxy) is 1. The lowest BCUT2D eigenvalue weighted by molar-refractivity contribution is -0.141. The van der Waals surface area contributed by atoms with Crippen LogP contribution in [0.1, 0.15) is 18.4 Å². The molecule has 0 saturated carbocycles. The van der Waals surface area contributed by atoms with Crippen LogP contribution < -0.4 is 5.73 Å². The Kier molecular flexibility index (Phi) is 5.27. The Hall–Kier alpha value is -0.810. The number of rotatable bonds is 4. The number of nitrogens with two attached hydrogens (primary N) is 1. The average molecular weight is 317 g/mol. The summed E-state index contributed by atoms with van der Waals surface area (Å²) in [5, 5.41) is 1.12. The SMILES string of the molecule is CN(Cc1c(Cl)cccc1Cl)C(=O)[C@@H]1CC[C@H](CN)O1. The van der Waals surface area contributed by atoms with Crippen molar-refractivity contribution in [3.8, 4) is 0 Å². The Bertz CT molecular complexity index is 476. The first kappa shape index (κ1) is 15.6. The maximum Gasteiger partial charge on any atom is 0.251 e. The van der Waals surface area contributed by atoms with Crippen LogP contribution in [0, 0.1) is 0 Å². The number of nitrogens with zero attached hydrogens (tertiary/aromatic N) is 1. The summed E-state index contributed by atoms with van der Waals surface area (Å²) in [5.41, 5.74) is 6.30. The number of halogens is 2. The molecule has 1 fully saturated rings. The summed E-state index contributed by atoms with van der Waals surface area (Å²) in [6.45, 7) is 0.814. The third-order valence-electron chi connectivity index (χ3n) is 3.48. The van der Waals surface area contributed by atoms with Crippen molar-refractivity contribution < 1.29 is 9.53 Å². The van der Waals surface area contributed by atoms with Crippen LogP contribution in [0.2, 0.25) is 10.0 Å². The van der Waals surface area contributed by atoms with Gasteiger partial charge in [-0.2, -0.15) is 0 Å². The molecule has 0 aromatic heterocycles. The molecule has 2 N–H and O–H groups in total. The molecule has 20 heavy (non-hydrogen) atoms. The van der Waals surface area contributed by atoms with E-state index in [1.165, 1.54) is 0 Å². The first-order valence-corrected chi connectivity index (χ1v) is 7.32. The minimum atomic E-state index is -0.408. The van der Waals surface area contributed by atoms with E-state index in [1.807, 2.05) is 0 Å². The van der Waals surface area contributed by atoms with Gasteiger partial charge in [-0.1, -0.05) is 29.3 Å². The van der Waals surface area contributed by atoms with E-state index in [0.717, 1.165) is 12.0 Å². The normalized spacial score (nSPS) is 22.0. The number of hydrogen-bond acceptors (Lipinski definition) is 3. The number of hydrogen-bond donors (Lipinski definition) is 1. The molecule has 1 aliphatic rings. The van der Waals surface area contributed by atoms with Crippen molar-refractivity contribution in [2.45, 2.75) is 31.6 Å². The fourth-order valence-electron chi connectivity index (χ4n) is 2.31. The lowest BCUT2D eigenvalue weighted by Gasteiger charge is -2.22. The number of benzene rings is 1. The molecule has 1 heterocycles. The zero-order chi connectivity index (χ0) is 14.7. The summed E-state index contributed by atoms with van der Waals surface area (Å²) >= 11 is 12.2. The Morgan fingerprint density at radius 2 is 2.05 bits per heavy atom. The largest absolute Gasteiger partial charge is 0.364 e. The lowest BCUT2D eigenvalue weighted by atomic mass is 10.1. The lowest BCUT2D eigenvalue weighted by Crippen LogP contribution is -2.36. The van der Waals surface area contributed by atoms with E-state index in [4.69, 9.17) is 33.7 Å². The van der Waals surface area contributed by atoms with Crippen molar-refractivity contribution in [1.29, 1.82) is 0 Å². The third kappa shape index (κ3) is 3.44. The van der Waals surface area contributed by atoms with E-state index in [9.17, 15) is 4.79 Å². The molecule has 0 radical (unpaired) electrons.